The zero-order chi connectivity index (χ0) is 22.0. The first-order valence-corrected chi connectivity index (χ1v) is 12.5. The van der Waals surface area contributed by atoms with Crippen molar-refractivity contribution in [1.82, 2.24) is 14.2 Å². The van der Waals surface area contributed by atoms with Gasteiger partial charge in [-0.1, -0.05) is 47.5 Å². The Bertz CT molecular complexity index is 1160. The van der Waals surface area contributed by atoms with Gasteiger partial charge < -0.3 is 4.90 Å². The number of carbonyl (C=O) groups is 1. The predicted molar refractivity (Wildman–Crippen MR) is 123 cm³/mol. The van der Waals surface area contributed by atoms with Gasteiger partial charge in [0.2, 0.25) is 15.9 Å². The first kappa shape index (κ1) is 21.7. The maximum atomic E-state index is 12.8. The molecule has 162 valence electrons. The molecule has 31 heavy (non-hydrogen) atoms. The molecule has 1 aromatic heterocycles. The molecular formula is C23H25N3O3S2. The molecule has 1 amide bonds. The van der Waals surface area contributed by atoms with Crippen molar-refractivity contribution < 1.29 is 13.2 Å². The Morgan fingerprint density at radius 2 is 1.52 bits per heavy atom. The fourth-order valence-electron chi connectivity index (χ4n) is 3.52. The summed E-state index contributed by atoms with van der Waals surface area (Å²) in [6.07, 6.45) is 0.229. The second-order valence-electron chi connectivity index (χ2n) is 7.78. The van der Waals surface area contributed by atoms with Crippen molar-refractivity contribution in [1.29, 1.82) is 0 Å². The first-order chi connectivity index (χ1) is 14.8. The van der Waals surface area contributed by atoms with Crippen LogP contribution in [0.5, 0.6) is 0 Å². The van der Waals surface area contributed by atoms with Gasteiger partial charge in [0.05, 0.1) is 17.0 Å². The molecule has 0 bridgehead atoms. The number of carbonyl (C=O) groups excluding carboxylic acids is 1. The zero-order valence-corrected chi connectivity index (χ0v) is 19.2. The third kappa shape index (κ3) is 4.87. The maximum Gasteiger partial charge on any atom is 0.243 e. The summed E-state index contributed by atoms with van der Waals surface area (Å²) in [5.41, 5.74) is 4.01. The van der Waals surface area contributed by atoms with E-state index in [-0.39, 0.29) is 12.3 Å². The molecule has 3 aromatic rings. The van der Waals surface area contributed by atoms with E-state index in [9.17, 15) is 13.2 Å². The number of hydrogen-bond acceptors (Lipinski definition) is 5. The smallest absolute Gasteiger partial charge is 0.243 e. The lowest BCUT2D eigenvalue weighted by atomic mass is 10.2. The molecule has 0 saturated carbocycles. The Balaban J connectivity index is 1.35. The van der Waals surface area contributed by atoms with E-state index in [0.717, 1.165) is 21.8 Å². The van der Waals surface area contributed by atoms with Gasteiger partial charge in [-0.25, -0.2) is 13.4 Å². The van der Waals surface area contributed by atoms with E-state index in [1.54, 1.807) is 29.2 Å². The molecule has 2 heterocycles. The number of piperazine rings is 1. The van der Waals surface area contributed by atoms with Gasteiger partial charge in [-0.05, 0) is 26.0 Å². The Labute approximate surface area is 187 Å². The van der Waals surface area contributed by atoms with Crippen LogP contribution >= 0.6 is 11.3 Å². The maximum absolute atomic E-state index is 12.8. The zero-order valence-electron chi connectivity index (χ0n) is 17.6. The van der Waals surface area contributed by atoms with Crippen molar-refractivity contribution in [2.75, 3.05) is 26.2 Å². The number of thiazole rings is 1. The number of rotatable bonds is 5. The van der Waals surface area contributed by atoms with Crippen LogP contribution < -0.4 is 0 Å². The first-order valence-electron chi connectivity index (χ1n) is 10.2. The highest BCUT2D eigenvalue weighted by molar-refractivity contribution is 7.89. The average Bonchev–Trinajstić information content (AvgIpc) is 3.23. The summed E-state index contributed by atoms with van der Waals surface area (Å²) in [6, 6.07) is 15.0. The second kappa shape index (κ2) is 8.90. The van der Waals surface area contributed by atoms with E-state index < -0.39 is 10.0 Å². The summed E-state index contributed by atoms with van der Waals surface area (Å²) in [5.74, 6) is -0.0202. The highest BCUT2D eigenvalue weighted by Crippen LogP contribution is 2.25. The van der Waals surface area contributed by atoms with Gasteiger partial charge in [0.25, 0.3) is 0 Å². The average molecular weight is 456 g/mol. The number of benzene rings is 2. The molecule has 1 aliphatic rings. The molecule has 1 saturated heterocycles. The van der Waals surface area contributed by atoms with Crippen LogP contribution in [0.4, 0.5) is 0 Å². The van der Waals surface area contributed by atoms with Crippen LogP contribution in [0.3, 0.4) is 0 Å². The van der Waals surface area contributed by atoms with E-state index in [0.29, 0.717) is 31.1 Å². The summed E-state index contributed by atoms with van der Waals surface area (Å²) < 4.78 is 27.1. The Morgan fingerprint density at radius 1 is 0.935 bits per heavy atom. The largest absolute Gasteiger partial charge is 0.340 e. The van der Waals surface area contributed by atoms with E-state index in [1.807, 2.05) is 43.5 Å². The lowest BCUT2D eigenvalue weighted by molar-refractivity contribution is -0.131. The Morgan fingerprint density at radius 3 is 2.13 bits per heavy atom. The van der Waals surface area contributed by atoms with Crippen LogP contribution in [0.15, 0.2) is 58.8 Å². The van der Waals surface area contributed by atoms with Crippen LogP contribution in [-0.4, -0.2) is 54.7 Å². The van der Waals surface area contributed by atoms with E-state index in [4.69, 9.17) is 0 Å². The number of hydrogen-bond donors (Lipinski definition) is 0. The lowest BCUT2D eigenvalue weighted by Crippen LogP contribution is -2.50. The fraction of sp³-hybridized carbons (Fsp3) is 0.304. The number of amides is 1. The van der Waals surface area contributed by atoms with Crippen molar-refractivity contribution in [2.45, 2.75) is 25.2 Å². The van der Waals surface area contributed by atoms with E-state index in [2.05, 4.69) is 4.98 Å². The molecule has 1 aliphatic heterocycles. The molecule has 0 aliphatic carbocycles. The van der Waals surface area contributed by atoms with Crippen LogP contribution in [0, 0.1) is 13.8 Å². The van der Waals surface area contributed by atoms with Crippen LogP contribution in [0.2, 0.25) is 0 Å². The van der Waals surface area contributed by atoms with Gasteiger partial charge >= 0.3 is 0 Å². The standard InChI is InChI=1S/C23H25N3O3S2/c1-17-3-7-19(8-4-17)23-24-20(16-30-23)15-22(27)25-11-13-26(14-12-25)31(28,29)21-9-5-18(2)6-10-21/h3-10,16H,11-15H2,1-2H3. The molecule has 1 fully saturated rings. The summed E-state index contributed by atoms with van der Waals surface area (Å²) in [6.45, 7) is 5.34. The Kier molecular flexibility index (Phi) is 6.22. The van der Waals surface area contributed by atoms with Gasteiger partial charge in [-0.2, -0.15) is 4.31 Å². The van der Waals surface area contributed by atoms with Gasteiger partial charge in [0.15, 0.2) is 0 Å². The SMILES string of the molecule is Cc1ccc(-c2nc(CC(=O)N3CCN(S(=O)(=O)c4ccc(C)cc4)CC3)cs2)cc1. The minimum atomic E-state index is -3.53. The predicted octanol–water partition coefficient (Wildman–Crippen LogP) is 3.50. The Hall–Kier alpha value is -2.55. The molecule has 0 spiro atoms. The molecule has 0 unspecified atom stereocenters. The third-order valence-electron chi connectivity index (χ3n) is 5.43. The molecule has 0 atom stereocenters. The summed E-state index contributed by atoms with van der Waals surface area (Å²) in [7, 11) is -3.53. The van der Waals surface area contributed by atoms with Crippen LogP contribution in [0.1, 0.15) is 16.8 Å². The van der Waals surface area contributed by atoms with Crippen molar-refractivity contribution >= 4 is 27.3 Å². The van der Waals surface area contributed by atoms with Gasteiger partial charge in [0, 0.05) is 37.1 Å². The van der Waals surface area contributed by atoms with Crippen molar-refractivity contribution in [3.05, 3.63) is 70.7 Å². The summed E-state index contributed by atoms with van der Waals surface area (Å²) in [4.78, 5) is 19.4. The highest BCUT2D eigenvalue weighted by Gasteiger charge is 2.30. The molecule has 8 heteroatoms. The monoisotopic (exact) mass is 455 g/mol. The number of aromatic nitrogens is 1. The quantitative estimate of drug-likeness (QED) is 0.590. The molecule has 6 nitrogen and oxygen atoms in total. The molecule has 2 aromatic carbocycles. The van der Waals surface area contributed by atoms with Gasteiger partial charge in [-0.15, -0.1) is 11.3 Å². The minimum absolute atomic E-state index is 0.0202. The summed E-state index contributed by atoms with van der Waals surface area (Å²) >= 11 is 1.53. The number of nitrogens with zero attached hydrogens (tertiary/aromatic N) is 3. The summed E-state index contributed by atoms with van der Waals surface area (Å²) in [5, 5.41) is 2.82. The lowest BCUT2D eigenvalue weighted by Gasteiger charge is -2.34. The molecule has 0 N–H and O–H groups in total. The van der Waals surface area contributed by atoms with Crippen LogP contribution in [0.25, 0.3) is 10.6 Å². The number of sulfonamides is 1. The second-order valence-corrected chi connectivity index (χ2v) is 10.6. The van der Waals surface area contributed by atoms with Crippen LogP contribution in [-0.2, 0) is 21.2 Å². The van der Waals surface area contributed by atoms with Gasteiger partial charge in [-0.3, -0.25) is 4.79 Å². The fourth-order valence-corrected chi connectivity index (χ4v) is 5.77. The number of aryl methyl sites for hydroxylation is 2. The van der Waals surface area contributed by atoms with E-state index in [1.165, 1.54) is 21.2 Å². The van der Waals surface area contributed by atoms with Crippen molar-refractivity contribution in [3.8, 4) is 10.6 Å². The minimum Gasteiger partial charge on any atom is -0.340 e. The topological polar surface area (TPSA) is 70.6 Å². The van der Waals surface area contributed by atoms with Gasteiger partial charge in [0.1, 0.15) is 5.01 Å². The van der Waals surface area contributed by atoms with Crippen molar-refractivity contribution in [3.63, 3.8) is 0 Å². The molecule has 0 radical (unpaired) electrons. The van der Waals surface area contributed by atoms with E-state index >= 15 is 0 Å². The highest BCUT2D eigenvalue weighted by atomic mass is 32.2. The third-order valence-corrected chi connectivity index (χ3v) is 8.29. The normalized spacial score (nSPS) is 15.2. The molecular weight excluding hydrogens is 430 g/mol. The molecule has 4 rings (SSSR count). The van der Waals surface area contributed by atoms with Crippen molar-refractivity contribution in [2.24, 2.45) is 0 Å².